The van der Waals surface area contributed by atoms with Crippen molar-refractivity contribution in [1.82, 2.24) is 10.3 Å². The predicted molar refractivity (Wildman–Crippen MR) is 133 cm³/mol. The second-order valence-corrected chi connectivity index (χ2v) is 8.46. The Balaban J connectivity index is 1.21. The first-order valence-electron chi connectivity index (χ1n) is 11.4. The first kappa shape index (κ1) is 23.8. The molecule has 0 radical (unpaired) electrons. The molecule has 5 rings (SSSR count). The second-order valence-electron chi connectivity index (χ2n) is 8.46. The van der Waals surface area contributed by atoms with Crippen molar-refractivity contribution in [2.24, 2.45) is 0 Å². The highest BCUT2D eigenvalue weighted by Crippen LogP contribution is 2.35. The molecule has 8 nitrogen and oxygen atoms in total. The number of hydrogen-bond donors (Lipinski definition) is 3. The summed E-state index contributed by atoms with van der Waals surface area (Å²) in [5.41, 5.74) is 2.58. The van der Waals surface area contributed by atoms with Gasteiger partial charge < -0.3 is 24.9 Å². The number of Topliss-reactive ketones (excluding diaryl/α,β-unsaturated/α-hetero) is 1. The molecule has 1 aromatic heterocycles. The van der Waals surface area contributed by atoms with E-state index in [4.69, 9.17) is 9.47 Å². The zero-order chi connectivity index (χ0) is 25.9. The maximum Gasteiger partial charge on any atom is 0.326 e. The van der Waals surface area contributed by atoms with Crippen molar-refractivity contribution in [2.75, 3.05) is 6.61 Å². The molecule has 3 N–H and O–H groups in total. The van der Waals surface area contributed by atoms with E-state index in [0.29, 0.717) is 11.1 Å². The van der Waals surface area contributed by atoms with Crippen LogP contribution >= 0.6 is 0 Å². The number of carboxylic acids is 1. The first-order valence-corrected chi connectivity index (χ1v) is 11.4. The van der Waals surface area contributed by atoms with Gasteiger partial charge in [-0.25, -0.2) is 9.18 Å². The van der Waals surface area contributed by atoms with Crippen LogP contribution in [-0.2, 0) is 16.0 Å². The van der Waals surface area contributed by atoms with Gasteiger partial charge in [0.2, 0.25) is 5.78 Å². The zero-order valence-electron chi connectivity index (χ0n) is 19.4. The number of carboxylic acid groups (broad SMARTS) is 1. The Bertz CT molecular complexity index is 1540. The van der Waals surface area contributed by atoms with Crippen LogP contribution in [0, 0.1) is 5.82 Å². The number of aromatic nitrogens is 1. The molecule has 0 saturated heterocycles. The van der Waals surface area contributed by atoms with Gasteiger partial charge in [0.1, 0.15) is 23.4 Å². The summed E-state index contributed by atoms with van der Waals surface area (Å²) in [6.07, 6.45) is 3.34. The van der Waals surface area contributed by atoms with E-state index in [9.17, 15) is 23.9 Å². The van der Waals surface area contributed by atoms with Gasteiger partial charge in [-0.05, 0) is 47.5 Å². The number of rotatable bonds is 8. The quantitative estimate of drug-likeness (QED) is 0.314. The van der Waals surface area contributed by atoms with Gasteiger partial charge >= 0.3 is 5.97 Å². The van der Waals surface area contributed by atoms with E-state index in [0.717, 1.165) is 16.5 Å². The fraction of sp³-hybridized carbons (Fsp3) is 0.107. The van der Waals surface area contributed by atoms with Crippen LogP contribution < -0.4 is 14.8 Å². The van der Waals surface area contributed by atoms with Crippen LogP contribution in [0.15, 0.2) is 78.7 Å². The standard InChI is InChI=1S/C28H21FN2O6/c29-18-7-5-16(6-8-18)11-25-27(33)21-10-9-19(13-24(21)37-25)36-15-26(32)31-23(28(34)35)12-17-14-30-22-4-2-1-3-20(17)22/h1-11,13-14,23,30H,12,15H2,(H,31,32)(H,34,35). The number of ketones is 1. The maximum atomic E-state index is 13.1. The maximum absolute atomic E-state index is 13.1. The lowest BCUT2D eigenvalue weighted by molar-refractivity contribution is -0.142. The minimum Gasteiger partial charge on any atom is -0.484 e. The molecule has 1 aliphatic rings. The number of carbonyl (C=O) groups is 3. The minimum atomic E-state index is -1.16. The number of para-hydroxylation sites is 1. The molecule has 0 saturated carbocycles. The van der Waals surface area contributed by atoms with Crippen molar-refractivity contribution in [3.05, 3.63) is 101 Å². The molecule has 37 heavy (non-hydrogen) atoms. The lowest BCUT2D eigenvalue weighted by Crippen LogP contribution is -2.44. The molecule has 186 valence electrons. The fourth-order valence-electron chi connectivity index (χ4n) is 4.07. The molecule has 1 aliphatic heterocycles. The van der Waals surface area contributed by atoms with E-state index < -0.39 is 24.5 Å². The van der Waals surface area contributed by atoms with Gasteiger partial charge in [-0.3, -0.25) is 9.59 Å². The first-order chi connectivity index (χ1) is 17.9. The third kappa shape index (κ3) is 5.20. The van der Waals surface area contributed by atoms with Crippen molar-refractivity contribution in [3.8, 4) is 11.5 Å². The van der Waals surface area contributed by atoms with Crippen LogP contribution in [0.1, 0.15) is 21.5 Å². The number of hydrogen-bond acceptors (Lipinski definition) is 5. The number of ether oxygens (including phenoxy) is 2. The summed E-state index contributed by atoms with van der Waals surface area (Å²) < 4.78 is 24.3. The van der Waals surface area contributed by atoms with Crippen molar-refractivity contribution in [2.45, 2.75) is 12.5 Å². The highest BCUT2D eigenvalue weighted by molar-refractivity contribution is 6.14. The molecule has 9 heteroatoms. The zero-order valence-corrected chi connectivity index (χ0v) is 19.4. The number of carbonyl (C=O) groups excluding carboxylic acids is 2. The second kappa shape index (κ2) is 9.98. The van der Waals surface area contributed by atoms with Crippen LogP contribution in [0.5, 0.6) is 11.5 Å². The monoisotopic (exact) mass is 500 g/mol. The van der Waals surface area contributed by atoms with Crippen LogP contribution in [0.3, 0.4) is 0 Å². The molecule has 0 bridgehead atoms. The number of fused-ring (bicyclic) bond motifs is 2. The summed E-state index contributed by atoms with van der Waals surface area (Å²) in [6.45, 7) is -0.428. The normalized spacial score (nSPS) is 14.3. The molecule has 2 heterocycles. The van der Waals surface area contributed by atoms with Gasteiger partial charge in [-0.1, -0.05) is 30.3 Å². The highest BCUT2D eigenvalue weighted by Gasteiger charge is 2.28. The van der Waals surface area contributed by atoms with Gasteiger partial charge in [-0.2, -0.15) is 0 Å². The number of H-pyrrole nitrogens is 1. The van der Waals surface area contributed by atoms with Gasteiger partial charge in [0.25, 0.3) is 5.91 Å². The molecule has 0 spiro atoms. The minimum absolute atomic E-state index is 0.0816. The number of aliphatic carboxylic acids is 1. The van der Waals surface area contributed by atoms with Crippen molar-refractivity contribution in [3.63, 3.8) is 0 Å². The van der Waals surface area contributed by atoms with E-state index in [1.807, 2.05) is 24.3 Å². The number of benzene rings is 3. The van der Waals surface area contributed by atoms with Crippen molar-refractivity contribution in [1.29, 1.82) is 0 Å². The molecule has 0 aliphatic carbocycles. The Kier molecular flexibility index (Phi) is 6.42. The summed E-state index contributed by atoms with van der Waals surface area (Å²) in [4.78, 5) is 39.9. The molecule has 1 unspecified atom stereocenters. The molecule has 4 aromatic rings. The summed E-state index contributed by atoms with van der Waals surface area (Å²) >= 11 is 0. The third-order valence-electron chi connectivity index (χ3n) is 5.91. The lowest BCUT2D eigenvalue weighted by atomic mass is 10.1. The average molecular weight is 500 g/mol. The van der Waals surface area contributed by atoms with Gasteiger partial charge in [0, 0.05) is 29.6 Å². The highest BCUT2D eigenvalue weighted by atomic mass is 19.1. The number of allylic oxidation sites excluding steroid dienone is 1. The Hall–Kier alpha value is -4.92. The Morgan fingerprint density at radius 2 is 1.89 bits per heavy atom. The molecule has 0 fully saturated rings. The molecule has 3 aromatic carbocycles. The van der Waals surface area contributed by atoms with Crippen LogP contribution in [-0.4, -0.2) is 40.4 Å². The van der Waals surface area contributed by atoms with E-state index in [2.05, 4.69) is 10.3 Å². The SMILES string of the molecule is O=C(COc1ccc2c(c1)OC(=Cc1ccc(F)cc1)C2=O)NC(Cc1c[nH]c2ccccc12)C(=O)O. The number of aromatic amines is 1. The Morgan fingerprint density at radius 1 is 1.11 bits per heavy atom. The largest absolute Gasteiger partial charge is 0.484 e. The summed E-state index contributed by atoms with van der Waals surface area (Å²) in [5, 5.41) is 13.0. The van der Waals surface area contributed by atoms with Crippen molar-refractivity contribution >= 4 is 34.6 Å². The smallest absolute Gasteiger partial charge is 0.326 e. The molecule has 1 amide bonds. The number of halogens is 1. The van der Waals surface area contributed by atoms with E-state index in [-0.39, 0.29) is 35.3 Å². The summed E-state index contributed by atoms with van der Waals surface area (Å²) in [6, 6.07) is 16.5. The number of nitrogens with one attached hydrogen (secondary N) is 2. The molecule has 1 atom stereocenters. The lowest BCUT2D eigenvalue weighted by Gasteiger charge is -2.15. The average Bonchev–Trinajstić information content (AvgIpc) is 3.44. The Labute approximate surface area is 210 Å². The van der Waals surface area contributed by atoms with E-state index >= 15 is 0 Å². The van der Waals surface area contributed by atoms with E-state index in [1.165, 1.54) is 48.5 Å². The topological polar surface area (TPSA) is 118 Å². The molecular weight excluding hydrogens is 479 g/mol. The third-order valence-corrected chi connectivity index (χ3v) is 5.91. The van der Waals surface area contributed by atoms with Gasteiger partial charge in [0.15, 0.2) is 12.4 Å². The predicted octanol–water partition coefficient (Wildman–Crippen LogP) is 4.11. The van der Waals surface area contributed by atoms with Crippen LogP contribution in [0.4, 0.5) is 4.39 Å². The fourth-order valence-corrected chi connectivity index (χ4v) is 4.07. The van der Waals surface area contributed by atoms with Crippen LogP contribution in [0.25, 0.3) is 17.0 Å². The molecular formula is C28H21FN2O6. The number of amides is 1. The van der Waals surface area contributed by atoms with Crippen molar-refractivity contribution < 1.29 is 33.4 Å². The van der Waals surface area contributed by atoms with E-state index in [1.54, 1.807) is 6.20 Å². The Morgan fingerprint density at radius 3 is 2.68 bits per heavy atom. The summed E-state index contributed by atoms with van der Waals surface area (Å²) in [5.74, 6) is -1.87. The summed E-state index contributed by atoms with van der Waals surface area (Å²) in [7, 11) is 0. The van der Waals surface area contributed by atoms with Gasteiger partial charge in [0.05, 0.1) is 5.56 Å². The van der Waals surface area contributed by atoms with Gasteiger partial charge in [-0.15, -0.1) is 0 Å². The van der Waals surface area contributed by atoms with Crippen LogP contribution in [0.2, 0.25) is 0 Å².